The number of hydrogen-bond acceptors (Lipinski definition) is 1. The van der Waals surface area contributed by atoms with Crippen LogP contribution in [0.2, 0.25) is 0 Å². The Bertz CT molecular complexity index is 508. The summed E-state index contributed by atoms with van der Waals surface area (Å²) in [6, 6.07) is 14.7. The van der Waals surface area contributed by atoms with Crippen molar-refractivity contribution in [2.24, 2.45) is 0 Å². The van der Waals surface area contributed by atoms with Crippen molar-refractivity contribution in [3.63, 3.8) is 0 Å². The van der Waals surface area contributed by atoms with Crippen LogP contribution in [0, 0.1) is 11.0 Å². The molecule has 0 aliphatic carbocycles. The Morgan fingerprint density at radius 1 is 1.00 bits per heavy atom. The Morgan fingerprint density at radius 3 is 2.44 bits per heavy atom. The molecule has 3 heteroatoms. The Labute approximate surface area is 92.9 Å². The van der Waals surface area contributed by atoms with Crippen LogP contribution in [0.1, 0.15) is 5.56 Å². The molecule has 0 unspecified atom stereocenters. The average Bonchev–Trinajstić information content (AvgIpc) is 2.30. The molecule has 0 amide bonds. The van der Waals surface area contributed by atoms with Crippen molar-refractivity contribution in [3.05, 3.63) is 71.2 Å². The molecule has 0 aromatic heterocycles. The van der Waals surface area contributed by atoms with Gasteiger partial charge in [0.25, 0.3) is 0 Å². The van der Waals surface area contributed by atoms with Gasteiger partial charge in [-0.1, -0.05) is 24.3 Å². The minimum atomic E-state index is -0.417. The van der Waals surface area contributed by atoms with Crippen molar-refractivity contribution in [2.45, 2.75) is 0 Å². The van der Waals surface area contributed by atoms with Gasteiger partial charge in [-0.25, -0.2) is 4.39 Å². The first-order valence-corrected chi connectivity index (χ1v) is 4.87. The lowest BCUT2D eigenvalue weighted by Crippen LogP contribution is -1.98. The molecule has 2 aromatic rings. The molecule has 80 valence electrons. The van der Waals surface area contributed by atoms with E-state index in [0.717, 1.165) is 5.56 Å². The van der Waals surface area contributed by atoms with Gasteiger partial charge in [0.05, 0.1) is 0 Å². The summed E-state index contributed by atoms with van der Waals surface area (Å²) < 4.78 is 13.5. The predicted octanol–water partition coefficient (Wildman–Crippen LogP) is 3.09. The maximum atomic E-state index is 12.9. The van der Waals surface area contributed by atoms with Crippen LogP contribution < -0.4 is 0 Å². The van der Waals surface area contributed by atoms with Gasteiger partial charge in [0.2, 0.25) is 5.69 Å². The SMILES string of the molecule is [O-]/[N+](=C\c1ccccc1)c1cccc(F)c1. The second kappa shape index (κ2) is 4.57. The molecule has 0 N–H and O–H groups in total. The topological polar surface area (TPSA) is 26.1 Å². The highest BCUT2D eigenvalue weighted by Crippen LogP contribution is 2.12. The lowest BCUT2D eigenvalue weighted by atomic mass is 10.2. The zero-order valence-corrected chi connectivity index (χ0v) is 8.51. The van der Waals surface area contributed by atoms with Gasteiger partial charge in [-0.2, -0.15) is 4.74 Å². The summed E-state index contributed by atoms with van der Waals surface area (Å²) in [5.74, 6) is -0.417. The van der Waals surface area contributed by atoms with Crippen molar-refractivity contribution >= 4 is 11.9 Å². The fourth-order valence-electron chi connectivity index (χ4n) is 1.36. The van der Waals surface area contributed by atoms with Crippen LogP contribution in [0.5, 0.6) is 0 Å². The molecule has 0 aliphatic heterocycles. The smallest absolute Gasteiger partial charge is 0.219 e. The van der Waals surface area contributed by atoms with Crippen molar-refractivity contribution < 1.29 is 9.13 Å². The molecule has 0 atom stereocenters. The fraction of sp³-hybridized carbons (Fsp3) is 0. The molecule has 2 aromatic carbocycles. The Morgan fingerprint density at radius 2 is 1.75 bits per heavy atom. The van der Waals surface area contributed by atoms with Crippen LogP contribution in [-0.2, 0) is 0 Å². The van der Waals surface area contributed by atoms with E-state index in [0.29, 0.717) is 4.74 Å². The van der Waals surface area contributed by atoms with Crippen LogP contribution >= 0.6 is 0 Å². The summed E-state index contributed by atoms with van der Waals surface area (Å²) in [4.78, 5) is 0. The zero-order valence-electron chi connectivity index (χ0n) is 8.51. The van der Waals surface area contributed by atoms with Crippen molar-refractivity contribution in [1.29, 1.82) is 0 Å². The highest BCUT2D eigenvalue weighted by Gasteiger charge is 2.02. The molecule has 0 saturated carbocycles. The number of benzene rings is 2. The lowest BCUT2D eigenvalue weighted by molar-refractivity contribution is -0.354. The summed E-state index contributed by atoms with van der Waals surface area (Å²) in [6.45, 7) is 0. The second-order valence-corrected chi connectivity index (χ2v) is 3.35. The molecule has 0 fully saturated rings. The molecule has 0 spiro atoms. The van der Waals surface area contributed by atoms with Crippen LogP contribution in [-0.4, -0.2) is 11.0 Å². The number of halogens is 1. The minimum absolute atomic E-state index is 0.281. The lowest BCUT2D eigenvalue weighted by Gasteiger charge is -2.02. The van der Waals surface area contributed by atoms with E-state index in [2.05, 4.69) is 0 Å². The van der Waals surface area contributed by atoms with E-state index in [4.69, 9.17) is 0 Å². The maximum Gasteiger partial charge on any atom is 0.219 e. The molecule has 0 saturated heterocycles. The standard InChI is InChI=1S/C13H10FNO/c14-12-7-4-8-13(9-12)15(16)10-11-5-2-1-3-6-11/h1-10H/b15-10-. The summed E-state index contributed by atoms with van der Waals surface area (Å²) in [5, 5.41) is 11.7. The third kappa shape index (κ3) is 2.45. The van der Waals surface area contributed by atoms with Crippen molar-refractivity contribution in [1.82, 2.24) is 0 Å². The first-order valence-electron chi connectivity index (χ1n) is 4.87. The highest BCUT2D eigenvalue weighted by atomic mass is 19.1. The van der Waals surface area contributed by atoms with E-state index in [9.17, 15) is 9.60 Å². The largest absolute Gasteiger partial charge is 0.618 e. The first-order chi connectivity index (χ1) is 7.75. The van der Waals surface area contributed by atoms with Crippen LogP contribution in [0.3, 0.4) is 0 Å². The molecule has 2 rings (SSSR count). The number of nitrogens with zero attached hydrogens (tertiary/aromatic N) is 1. The highest BCUT2D eigenvalue weighted by molar-refractivity contribution is 5.76. The molecule has 0 radical (unpaired) electrons. The number of hydrogen-bond donors (Lipinski definition) is 0. The van der Waals surface area contributed by atoms with Gasteiger partial charge in [-0.05, 0) is 18.2 Å². The molecule has 0 aliphatic rings. The summed E-state index contributed by atoms with van der Waals surface area (Å²) >= 11 is 0. The summed E-state index contributed by atoms with van der Waals surface area (Å²) in [6.07, 6.45) is 1.41. The van der Waals surface area contributed by atoms with E-state index < -0.39 is 5.82 Å². The van der Waals surface area contributed by atoms with E-state index in [-0.39, 0.29) is 5.69 Å². The third-order valence-corrected chi connectivity index (χ3v) is 2.13. The van der Waals surface area contributed by atoms with Crippen molar-refractivity contribution in [2.75, 3.05) is 0 Å². The fourth-order valence-corrected chi connectivity index (χ4v) is 1.36. The molecular formula is C13H10FNO. The van der Waals surface area contributed by atoms with Gasteiger partial charge in [0.15, 0.2) is 6.21 Å². The molecule has 2 nitrogen and oxygen atoms in total. The van der Waals surface area contributed by atoms with Crippen molar-refractivity contribution in [3.8, 4) is 0 Å². The predicted molar refractivity (Wildman–Crippen MR) is 61.3 cm³/mol. The van der Waals surface area contributed by atoms with E-state index in [1.807, 2.05) is 30.3 Å². The third-order valence-electron chi connectivity index (χ3n) is 2.13. The molecule has 0 heterocycles. The van der Waals surface area contributed by atoms with E-state index in [1.165, 1.54) is 24.4 Å². The quantitative estimate of drug-likeness (QED) is 0.327. The first kappa shape index (κ1) is 10.4. The van der Waals surface area contributed by atoms with Gasteiger partial charge in [0, 0.05) is 17.7 Å². The van der Waals surface area contributed by atoms with Gasteiger partial charge in [-0.3, -0.25) is 0 Å². The normalized spacial score (nSPS) is 11.4. The summed E-state index contributed by atoms with van der Waals surface area (Å²) in [7, 11) is 0. The van der Waals surface area contributed by atoms with Crippen LogP contribution in [0.25, 0.3) is 0 Å². The molecule has 16 heavy (non-hydrogen) atoms. The van der Waals surface area contributed by atoms with Crippen LogP contribution in [0.4, 0.5) is 10.1 Å². The minimum Gasteiger partial charge on any atom is -0.618 e. The van der Waals surface area contributed by atoms with Gasteiger partial charge < -0.3 is 5.21 Å². The van der Waals surface area contributed by atoms with Gasteiger partial charge in [0.1, 0.15) is 5.82 Å². The molecular weight excluding hydrogens is 205 g/mol. The van der Waals surface area contributed by atoms with Crippen LogP contribution in [0.15, 0.2) is 54.6 Å². The Balaban J connectivity index is 2.32. The van der Waals surface area contributed by atoms with E-state index in [1.54, 1.807) is 6.07 Å². The number of rotatable bonds is 2. The second-order valence-electron chi connectivity index (χ2n) is 3.35. The van der Waals surface area contributed by atoms with E-state index >= 15 is 0 Å². The van der Waals surface area contributed by atoms with Gasteiger partial charge >= 0.3 is 0 Å². The monoisotopic (exact) mass is 215 g/mol. The Kier molecular flexibility index (Phi) is 2.96. The average molecular weight is 215 g/mol. The Hall–Kier alpha value is -2.16. The zero-order chi connectivity index (χ0) is 11.4. The van der Waals surface area contributed by atoms with Gasteiger partial charge in [-0.15, -0.1) is 0 Å². The maximum absolute atomic E-state index is 12.9. The summed E-state index contributed by atoms with van der Waals surface area (Å²) in [5.41, 5.74) is 1.06. The molecule has 0 bridgehead atoms.